The van der Waals surface area contributed by atoms with Crippen molar-refractivity contribution in [2.24, 2.45) is 0 Å². The van der Waals surface area contributed by atoms with Gasteiger partial charge in [-0.15, -0.1) is 0 Å². The molecule has 1 aromatic carbocycles. The van der Waals surface area contributed by atoms with E-state index in [9.17, 15) is 18.4 Å². The minimum absolute atomic E-state index is 0.216. The van der Waals surface area contributed by atoms with Crippen molar-refractivity contribution in [3.05, 3.63) is 35.9 Å². The van der Waals surface area contributed by atoms with Crippen LogP contribution in [0.2, 0.25) is 18.1 Å². The average molecular weight is 369 g/mol. The maximum atomic E-state index is 13.8. The molecule has 0 saturated carbocycles. The number of benzene rings is 1. The zero-order chi connectivity index (χ0) is 18.8. The molecule has 4 nitrogen and oxygen atoms in total. The maximum absolute atomic E-state index is 13.8. The summed E-state index contributed by atoms with van der Waals surface area (Å²) in [5, 5.41) is 0. The molecule has 1 saturated heterocycles. The van der Waals surface area contributed by atoms with Crippen molar-refractivity contribution in [3.8, 4) is 0 Å². The van der Waals surface area contributed by atoms with E-state index in [4.69, 9.17) is 4.43 Å². The molecule has 0 N–H and O–H groups in total. The molecule has 2 rings (SSSR count). The highest BCUT2D eigenvalue weighted by atomic mass is 28.4. The van der Waals surface area contributed by atoms with Crippen LogP contribution in [0.1, 0.15) is 38.1 Å². The lowest BCUT2D eigenvalue weighted by atomic mass is 9.83. The van der Waals surface area contributed by atoms with Gasteiger partial charge in [0.2, 0.25) is 0 Å². The Kier molecular flexibility index (Phi) is 5.78. The van der Waals surface area contributed by atoms with Crippen molar-refractivity contribution in [2.45, 2.75) is 63.9 Å². The van der Waals surface area contributed by atoms with E-state index in [1.807, 2.05) is 20.8 Å². The van der Waals surface area contributed by atoms with E-state index < -0.39 is 38.2 Å². The molecule has 0 bridgehead atoms. The number of halogens is 2. The van der Waals surface area contributed by atoms with Crippen LogP contribution in [0.5, 0.6) is 0 Å². The van der Waals surface area contributed by atoms with E-state index in [0.717, 1.165) is 18.1 Å². The van der Waals surface area contributed by atoms with Gasteiger partial charge in [0, 0.05) is 5.56 Å². The number of imide groups is 1. The predicted molar refractivity (Wildman–Crippen MR) is 94.1 cm³/mol. The molecule has 2 amide bonds. The summed E-state index contributed by atoms with van der Waals surface area (Å²) in [6, 6.07) is 8.68. The van der Waals surface area contributed by atoms with Crippen LogP contribution in [-0.2, 0) is 9.22 Å². The van der Waals surface area contributed by atoms with E-state index in [-0.39, 0.29) is 5.56 Å². The largest absolute Gasteiger partial charge is 0.401 e. The van der Waals surface area contributed by atoms with Crippen molar-refractivity contribution in [1.29, 1.82) is 0 Å². The van der Waals surface area contributed by atoms with E-state index in [2.05, 4.69) is 0 Å². The monoisotopic (exact) mass is 369 g/mol. The molecule has 2 atom stereocenters. The molecule has 138 valence electrons. The van der Waals surface area contributed by atoms with Gasteiger partial charge in [0.15, 0.2) is 13.9 Å². The second kappa shape index (κ2) is 7.33. The molecule has 0 radical (unpaired) electrons. The fourth-order valence-corrected chi connectivity index (χ4v) is 6.52. The van der Waals surface area contributed by atoms with Crippen LogP contribution >= 0.6 is 0 Å². The van der Waals surface area contributed by atoms with Crippen LogP contribution in [0.15, 0.2) is 30.3 Å². The molecule has 1 fully saturated rings. The Bertz CT molecular complexity index is 628. The lowest BCUT2D eigenvalue weighted by molar-refractivity contribution is -0.191. The second-order valence-electron chi connectivity index (χ2n) is 6.58. The highest BCUT2D eigenvalue weighted by Gasteiger charge is 2.66. The number of carbonyl (C=O) groups excluding carboxylic acids is 2. The summed E-state index contributed by atoms with van der Waals surface area (Å²) in [7, 11) is -2.29. The predicted octanol–water partition coefficient (Wildman–Crippen LogP) is 4.08. The number of rotatable bonds is 7. The second-order valence-corrected chi connectivity index (χ2v) is 11.3. The van der Waals surface area contributed by atoms with Gasteiger partial charge in [-0.1, -0.05) is 39.0 Å². The van der Waals surface area contributed by atoms with Crippen molar-refractivity contribution < 1.29 is 22.8 Å². The zero-order valence-corrected chi connectivity index (χ0v) is 16.1. The molecule has 1 heterocycles. The first-order chi connectivity index (χ1) is 11.8. The van der Waals surface area contributed by atoms with Crippen molar-refractivity contribution in [2.75, 3.05) is 0 Å². The molecule has 1 aromatic rings. The summed E-state index contributed by atoms with van der Waals surface area (Å²) in [5.74, 6) is -1.37. The Morgan fingerprint density at radius 2 is 1.72 bits per heavy atom. The van der Waals surface area contributed by atoms with Gasteiger partial charge in [-0.05, 0) is 37.2 Å². The van der Waals surface area contributed by atoms with Crippen LogP contribution < -0.4 is 0 Å². The van der Waals surface area contributed by atoms with Crippen LogP contribution in [0.3, 0.4) is 0 Å². The SMILES string of the molecule is CC[Si](CC)(CC)O[C@@]1(C)C(=O)N(C(=O)c2ccccc2)[C@H]1C(F)F. The summed E-state index contributed by atoms with van der Waals surface area (Å²) in [6.07, 6.45) is -2.85. The highest BCUT2D eigenvalue weighted by molar-refractivity contribution is 6.73. The minimum Gasteiger partial charge on any atom is -0.401 e. The first kappa shape index (κ1) is 19.7. The number of hydrogen-bond donors (Lipinski definition) is 0. The molecule has 0 unspecified atom stereocenters. The third-order valence-electron chi connectivity index (χ3n) is 5.33. The molecule has 0 aromatic heterocycles. The van der Waals surface area contributed by atoms with Gasteiger partial charge in [0.1, 0.15) is 6.04 Å². The normalized spacial score (nSPS) is 23.7. The van der Waals surface area contributed by atoms with Crippen molar-refractivity contribution >= 4 is 20.1 Å². The summed E-state index contributed by atoms with van der Waals surface area (Å²) >= 11 is 0. The van der Waals surface area contributed by atoms with E-state index in [1.54, 1.807) is 18.2 Å². The van der Waals surface area contributed by atoms with E-state index in [1.165, 1.54) is 19.1 Å². The van der Waals surface area contributed by atoms with Crippen molar-refractivity contribution in [1.82, 2.24) is 4.90 Å². The molecule has 7 heteroatoms. The van der Waals surface area contributed by atoms with Gasteiger partial charge in [-0.3, -0.25) is 14.5 Å². The zero-order valence-electron chi connectivity index (χ0n) is 15.1. The third-order valence-corrected chi connectivity index (χ3v) is 10.0. The first-order valence-electron chi connectivity index (χ1n) is 8.67. The lowest BCUT2D eigenvalue weighted by Crippen LogP contribution is -2.78. The Balaban J connectivity index is 2.33. The molecular weight excluding hydrogens is 344 g/mol. The fraction of sp³-hybridized carbons (Fsp3) is 0.556. The van der Waals surface area contributed by atoms with Crippen LogP contribution in [-0.4, -0.2) is 43.1 Å². The lowest BCUT2D eigenvalue weighted by Gasteiger charge is -2.55. The van der Waals surface area contributed by atoms with Gasteiger partial charge >= 0.3 is 0 Å². The Morgan fingerprint density at radius 1 is 1.20 bits per heavy atom. The summed E-state index contributed by atoms with van der Waals surface area (Å²) in [6.45, 7) is 7.31. The maximum Gasteiger partial charge on any atom is 0.263 e. The third kappa shape index (κ3) is 3.27. The van der Waals surface area contributed by atoms with Gasteiger partial charge in [-0.2, -0.15) is 0 Å². The minimum atomic E-state index is -2.85. The number of likely N-dealkylation sites (tertiary alicyclic amines) is 1. The first-order valence-corrected chi connectivity index (χ1v) is 11.2. The number of carbonyl (C=O) groups is 2. The summed E-state index contributed by atoms with van der Waals surface area (Å²) < 4.78 is 33.6. The Morgan fingerprint density at radius 3 is 2.16 bits per heavy atom. The van der Waals surface area contributed by atoms with E-state index >= 15 is 0 Å². The van der Waals surface area contributed by atoms with Gasteiger partial charge in [0.05, 0.1) is 0 Å². The molecule has 0 aliphatic carbocycles. The smallest absolute Gasteiger partial charge is 0.263 e. The van der Waals surface area contributed by atoms with Crippen LogP contribution in [0, 0.1) is 0 Å². The van der Waals surface area contributed by atoms with Crippen LogP contribution in [0.25, 0.3) is 0 Å². The number of β-lactam (4-membered cyclic amide) rings is 1. The van der Waals surface area contributed by atoms with E-state index in [0.29, 0.717) is 4.90 Å². The number of amides is 2. The quantitative estimate of drug-likeness (QED) is 0.413. The van der Waals surface area contributed by atoms with Gasteiger partial charge < -0.3 is 4.43 Å². The molecule has 25 heavy (non-hydrogen) atoms. The summed E-state index contributed by atoms with van der Waals surface area (Å²) in [4.78, 5) is 25.9. The standard InChI is InChI=1S/C18H25F2NO3Si/c1-5-25(6-2,7-3)24-18(4)14(15(19)20)21(17(18)23)16(22)13-11-9-8-10-12-13/h8-12,14-15H,5-7H2,1-4H3/t14-,18+/m0/s1. The number of alkyl halides is 2. The van der Waals surface area contributed by atoms with Gasteiger partial charge in [-0.25, -0.2) is 8.78 Å². The van der Waals surface area contributed by atoms with Crippen molar-refractivity contribution in [3.63, 3.8) is 0 Å². The Labute approximate surface area is 148 Å². The summed E-state index contributed by atoms with van der Waals surface area (Å²) in [5.41, 5.74) is -1.42. The molecule has 1 aliphatic heterocycles. The molecule has 1 aliphatic rings. The average Bonchev–Trinajstić information content (AvgIpc) is 2.63. The number of nitrogens with zero attached hydrogens (tertiary/aromatic N) is 1. The Hall–Kier alpha value is -1.60. The topological polar surface area (TPSA) is 46.6 Å². The fourth-order valence-electron chi connectivity index (χ4n) is 3.48. The van der Waals surface area contributed by atoms with Crippen LogP contribution in [0.4, 0.5) is 8.78 Å². The molecular formula is C18H25F2NO3Si. The highest BCUT2D eigenvalue weighted by Crippen LogP contribution is 2.42. The number of hydrogen-bond acceptors (Lipinski definition) is 3. The van der Waals surface area contributed by atoms with Gasteiger partial charge in [0.25, 0.3) is 18.2 Å². The molecule has 0 spiro atoms.